The first-order valence-corrected chi connectivity index (χ1v) is 2.31. The minimum atomic E-state index is 0.819. The van der Waals surface area contributed by atoms with Gasteiger partial charge in [0.05, 0.1) is 6.61 Å². The summed E-state index contributed by atoms with van der Waals surface area (Å²) in [6.07, 6.45) is 0. The lowest BCUT2D eigenvalue weighted by atomic mass is 10.9. The summed E-state index contributed by atoms with van der Waals surface area (Å²) in [5.41, 5.74) is 0. The summed E-state index contributed by atoms with van der Waals surface area (Å²) in [6, 6.07) is 0. The Labute approximate surface area is 37.7 Å². The second-order valence-electron chi connectivity index (χ2n) is 1.35. The third-order valence-corrected chi connectivity index (χ3v) is 0.718. The topological polar surface area (TPSA) is 12.2 Å². The number of hydrogen-bond acceptors (Lipinski definition) is 2. The predicted molar refractivity (Wildman–Crippen MR) is 23.2 cm³/mol. The first-order valence-electron chi connectivity index (χ1n) is 2.31. The summed E-state index contributed by atoms with van der Waals surface area (Å²) in [5.74, 6) is 0. The van der Waals surface area contributed by atoms with Gasteiger partial charge in [-0.2, -0.15) is 5.06 Å². The Morgan fingerprint density at radius 2 is 2.33 bits per heavy atom. The van der Waals surface area contributed by atoms with E-state index < -0.39 is 0 Å². The van der Waals surface area contributed by atoms with Crippen LogP contribution in [0.15, 0.2) is 0 Å². The summed E-state index contributed by atoms with van der Waals surface area (Å²) in [4.78, 5) is 4.99. The molecule has 0 aromatic heterocycles. The first-order chi connectivity index (χ1) is 2.93. The van der Waals surface area contributed by atoms with Crippen LogP contribution in [-0.4, -0.2) is 24.8 Å². The Morgan fingerprint density at radius 1 is 1.67 bits per heavy atom. The minimum Gasteiger partial charge on any atom is -0.299 e. The van der Waals surface area contributed by atoms with Gasteiger partial charge in [0.1, 0.15) is 0 Å². The lowest BCUT2D eigenvalue weighted by Crippen LogP contribution is -1.95. The van der Waals surface area contributed by atoms with Crippen LogP contribution >= 0.6 is 0 Å². The summed E-state index contributed by atoms with van der Waals surface area (Å²) in [6.45, 7) is 5.08. The molecule has 0 N–H and O–H groups in total. The lowest BCUT2D eigenvalue weighted by Gasteiger charge is -1.92. The molecule has 36 valence electrons. The average molecular weight is 87.1 g/mol. The molecule has 6 heavy (non-hydrogen) atoms. The van der Waals surface area contributed by atoms with E-state index >= 15 is 0 Å². The standard InChI is InChI=1S/C4H9NO/c1-2-6-5-3-4-5/h2-4H2,1H3. The summed E-state index contributed by atoms with van der Waals surface area (Å²) in [7, 11) is 0. The van der Waals surface area contributed by atoms with E-state index in [0.717, 1.165) is 19.7 Å². The number of nitrogens with zero attached hydrogens (tertiary/aromatic N) is 1. The fourth-order valence-corrected chi connectivity index (χ4v) is 0.352. The van der Waals surface area contributed by atoms with Crippen LogP contribution in [0.25, 0.3) is 0 Å². The highest BCUT2D eigenvalue weighted by Gasteiger charge is 2.15. The van der Waals surface area contributed by atoms with Gasteiger partial charge < -0.3 is 0 Å². The Kier molecular flexibility index (Phi) is 1.08. The van der Waals surface area contributed by atoms with E-state index in [0.29, 0.717) is 0 Å². The van der Waals surface area contributed by atoms with Crippen LogP contribution < -0.4 is 0 Å². The van der Waals surface area contributed by atoms with Gasteiger partial charge in [-0.25, -0.2) is 0 Å². The molecule has 0 aliphatic carbocycles. The first kappa shape index (κ1) is 4.09. The molecule has 0 radical (unpaired) electrons. The summed E-state index contributed by atoms with van der Waals surface area (Å²) in [5, 5.41) is 1.93. The van der Waals surface area contributed by atoms with E-state index in [-0.39, 0.29) is 0 Å². The Balaban J connectivity index is 1.88. The zero-order valence-corrected chi connectivity index (χ0v) is 3.98. The van der Waals surface area contributed by atoms with Crippen LogP contribution in [-0.2, 0) is 4.84 Å². The van der Waals surface area contributed by atoms with Crippen molar-refractivity contribution in [2.24, 2.45) is 0 Å². The molecular formula is C4H9NO. The van der Waals surface area contributed by atoms with Crippen LogP contribution in [0.1, 0.15) is 6.92 Å². The molecule has 0 spiro atoms. The number of rotatable bonds is 2. The molecule has 0 atom stereocenters. The van der Waals surface area contributed by atoms with E-state index in [1.807, 2.05) is 12.0 Å². The maximum atomic E-state index is 4.99. The highest BCUT2D eigenvalue weighted by atomic mass is 16.7. The van der Waals surface area contributed by atoms with Crippen LogP contribution in [0.3, 0.4) is 0 Å². The molecule has 0 amide bonds. The molecule has 0 bridgehead atoms. The number of hydrogen-bond donors (Lipinski definition) is 0. The van der Waals surface area contributed by atoms with E-state index in [4.69, 9.17) is 4.84 Å². The van der Waals surface area contributed by atoms with Crippen molar-refractivity contribution in [3.63, 3.8) is 0 Å². The van der Waals surface area contributed by atoms with Crippen molar-refractivity contribution in [1.82, 2.24) is 5.06 Å². The molecule has 1 aliphatic rings. The van der Waals surface area contributed by atoms with Crippen molar-refractivity contribution in [1.29, 1.82) is 0 Å². The second kappa shape index (κ2) is 1.58. The highest BCUT2D eigenvalue weighted by Crippen LogP contribution is 2.01. The molecule has 1 heterocycles. The predicted octanol–water partition coefficient (Wildman–Crippen LogP) is 0.254. The van der Waals surface area contributed by atoms with Crippen LogP contribution in [0.4, 0.5) is 0 Å². The molecule has 0 saturated carbocycles. The molecule has 0 aromatic rings. The Morgan fingerprint density at radius 3 is 2.50 bits per heavy atom. The van der Waals surface area contributed by atoms with Gasteiger partial charge in [-0.05, 0) is 6.92 Å². The molecule has 1 fully saturated rings. The van der Waals surface area contributed by atoms with Gasteiger partial charge in [0.25, 0.3) is 0 Å². The Bertz CT molecular complexity index is 42.8. The van der Waals surface area contributed by atoms with Crippen LogP contribution in [0.2, 0.25) is 0 Å². The SMILES string of the molecule is CCON1CC1. The molecule has 1 aliphatic heterocycles. The smallest absolute Gasteiger partial charge is 0.0656 e. The third kappa shape index (κ3) is 0.954. The zero-order chi connectivity index (χ0) is 4.41. The molecule has 2 nitrogen and oxygen atoms in total. The zero-order valence-electron chi connectivity index (χ0n) is 3.98. The van der Waals surface area contributed by atoms with Gasteiger partial charge in [-0.15, -0.1) is 0 Å². The molecule has 0 aromatic carbocycles. The van der Waals surface area contributed by atoms with E-state index in [9.17, 15) is 0 Å². The van der Waals surface area contributed by atoms with Gasteiger partial charge in [0, 0.05) is 13.1 Å². The maximum absolute atomic E-state index is 4.99. The molecule has 1 rings (SSSR count). The lowest BCUT2D eigenvalue weighted by molar-refractivity contribution is -0.0567. The van der Waals surface area contributed by atoms with Crippen molar-refractivity contribution in [3.8, 4) is 0 Å². The van der Waals surface area contributed by atoms with Crippen molar-refractivity contribution in [2.45, 2.75) is 6.92 Å². The minimum absolute atomic E-state index is 0.819. The van der Waals surface area contributed by atoms with E-state index in [1.54, 1.807) is 0 Å². The average Bonchev–Trinajstić information content (AvgIpc) is 2.21. The fourth-order valence-electron chi connectivity index (χ4n) is 0.352. The van der Waals surface area contributed by atoms with Gasteiger partial charge in [-0.1, -0.05) is 0 Å². The summed E-state index contributed by atoms with van der Waals surface area (Å²) >= 11 is 0. The van der Waals surface area contributed by atoms with Crippen LogP contribution in [0.5, 0.6) is 0 Å². The molecule has 0 unspecified atom stereocenters. The highest BCUT2D eigenvalue weighted by molar-refractivity contribution is 4.59. The molecule has 1 saturated heterocycles. The van der Waals surface area contributed by atoms with Crippen LogP contribution in [0, 0.1) is 0 Å². The van der Waals surface area contributed by atoms with Crippen molar-refractivity contribution in [3.05, 3.63) is 0 Å². The monoisotopic (exact) mass is 87.1 g/mol. The second-order valence-corrected chi connectivity index (χ2v) is 1.35. The number of hydroxylamine groups is 2. The van der Waals surface area contributed by atoms with Gasteiger partial charge in [0.2, 0.25) is 0 Å². The normalized spacial score (nSPS) is 21.5. The molecule has 2 heteroatoms. The third-order valence-electron chi connectivity index (χ3n) is 0.718. The van der Waals surface area contributed by atoms with Gasteiger partial charge in [0.15, 0.2) is 0 Å². The van der Waals surface area contributed by atoms with Crippen molar-refractivity contribution >= 4 is 0 Å². The quantitative estimate of drug-likeness (QED) is 0.448. The largest absolute Gasteiger partial charge is 0.299 e. The Hall–Kier alpha value is -0.0800. The molecular weight excluding hydrogens is 78.0 g/mol. The fraction of sp³-hybridized carbons (Fsp3) is 1.00. The van der Waals surface area contributed by atoms with E-state index in [1.165, 1.54) is 0 Å². The van der Waals surface area contributed by atoms with Crippen molar-refractivity contribution < 1.29 is 4.84 Å². The maximum Gasteiger partial charge on any atom is 0.0656 e. The van der Waals surface area contributed by atoms with E-state index in [2.05, 4.69) is 0 Å². The summed E-state index contributed by atoms with van der Waals surface area (Å²) < 4.78 is 0. The van der Waals surface area contributed by atoms with Crippen molar-refractivity contribution in [2.75, 3.05) is 19.7 Å². The van der Waals surface area contributed by atoms with Gasteiger partial charge >= 0.3 is 0 Å². The van der Waals surface area contributed by atoms with Gasteiger partial charge in [-0.3, -0.25) is 4.84 Å².